The minimum Gasteiger partial charge on any atom is -0.517 e. The summed E-state index contributed by atoms with van der Waals surface area (Å²) in [7, 11) is 0. The Morgan fingerprint density at radius 1 is 0.711 bits per heavy atom. The van der Waals surface area contributed by atoms with Gasteiger partial charge < -0.3 is 10.0 Å². The van der Waals surface area contributed by atoms with Crippen molar-refractivity contribution in [1.82, 2.24) is 9.97 Å². The summed E-state index contributed by atoms with van der Waals surface area (Å²) in [6.45, 7) is 10.9. The third-order valence-corrected chi connectivity index (χ3v) is 7.94. The number of hydrogen-bond donors (Lipinski definition) is 1. The molecule has 0 amide bonds. The summed E-state index contributed by atoms with van der Waals surface area (Å²) < 4.78 is 0. The summed E-state index contributed by atoms with van der Waals surface area (Å²) in [6.07, 6.45) is 1.78. The molecular formula is C40H36N3OPt-. The monoisotopic (exact) mass is 769 g/mol. The number of anilines is 3. The fourth-order valence-electron chi connectivity index (χ4n) is 5.65. The van der Waals surface area contributed by atoms with Crippen LogP contribution in [-0.2, 0) is 26.5 Å². The number of benzene rings is 4. The van der Waals surface area contributed by atoms with Crippen LogP contribution in [0, 0.1) is 19.9 Å². The molecule has 228 valence electrons. The van der Waals surface area contributed by atoms with Crippen molar-refractivity contribution in [3.63, 3.8) is 0 Å². The van der Waals surface area contributed by atoms with Crippen LogP contribution >= 0.6 is 0 Å². The standard InChI is InChI=1S/C40H36N3O.Pt/c1-27-12-10-13-28(2)39(27)30-24-29(34-14-6-7-17-37(34)44)25-33(26-30)43(32-21-19-31(20-22-32)40(3,4)5)38-18-11-16-36(42-38)35-15-8-9-23-41-35;/h6-24,26,44H,1-5H3;/q-1;. The molecule has 0 aliphatic rings. The number of pyridine rings is 2. The van der Waals surface area contributed by atoms with Crippen molar-refractivity contribution in [3.05, 3.63) is 144 Å². The van der Waals surface area contributed by atoms with Gasteiger partial charge >= 0.3 is 0 Å². The largest absolute Gasteiger partial charge is 0.517 e. The van der Waals surface area contributed by atoms with Gasteiger partial charge in [-0.25, -0.2) is 4.98 Å². The van der Waals surface area contributed by atoms with E-state index in [0.29, 0.717) is 0 Å². The molecule has 0 saturated carbocycles. The first kappa shape index (κ1) is 31.9. The zero-order valence-corrected chi connectivity index (χ0v) is 28.4. The van der Waals surface area contributed by atoms with Gasteiger partial charge in [0, 0.05) is 32.9 Å². The third kappa shape index (κ3) is 6.77. The zero-order valence-electron chi connectivity index (χ0n) is 26.2. The number of aryl methyl sites for hydroxylation is 2. The topological polar surface area (TPSA) is 49.2 Å². The Kier molecular flexibility index (Phi) is 9.37. The van der Waals surface area contributed by atoms with Crippen molar-refractivity contribution in [2.45, 2.75) is 40.0 Å². The quantitative estimate of drug-likeness (QED) is 0.172. The summed E-state index contributed by atoms with van der Waals surface area (Å²) in [5.74, 6) is 0.958. The molecule has 2 aromatic heterocycles. The first-order valence-corrected chi connectivity index (χ1v) is 14.9. The summed E-state index contributed by atoms with van der Waals surface area (Å²) in [5, 5.41) is 10.9. The predicted octanol–water partition coefficient (Wildman–Crippen LogP) is 10.4. The first-order chi connectivity index (χ1) is 21.2. The molecule has 0 fully saturated rings. The number of hydrogen-bond acceptors (Lipinski definition) is 4. The van der Waals surface area contributed by atoms with Crippen molar-refractivity contribution < 1.29 is 26.2 Å². The van der Waals surface area contributed by atoms with Gasteiger partial charge in [0.15, 0.2) is 0 Å². The molecule has 5 heteroatoms. The van der Waals surface area contributed by atoms with Crippen molar-refractivity contribution in [1.29, 1.82) is 0 Å². The van der Waals surface area contributed by atoms with Gasteiger partial charge in [-0.3, -0.25) is 4.98 Å². The van der Waals surface area contributed by atoms with Crippen LogP contribution in [0.1, 0.15) is 37.5 Å². The van der Waals surface area contributed by atoms with E-state index >= 15 is 0 Å². The number of nitrogens with zero attached hydrogens (tertiary/aromatic N) is 3. The smallest absolute Gasteiger partial charge is 0.136 e. The maximum Gasteiger partial charge on any atom is 0.136 e. The number of phenolic OH excluding ortho intramolecular Hbond substituents is 1. The average molecular weight is 770 g/mol. The number of para-hydroxylation sites is 1. The zero-order chi connectivity index (χ0) is 30.8. The molecule has 45 heavy (non-hydrogen) atoms. The second-order valence-electron chi connectivity index (χ2n) is 12.2. The molecule has 0 aliphatic heterocycles. The van der Waals surface area contributed by atoms with E-state index in [0.717, 1.165) is 50.8 Å². The van der Waals surface area contributed by atoms with E-state index in [9.17, 15) is 5.11 Å². The third-order valence-electron chi connectivity index (χ3n) is 7.94. The molecule has 2 heterocycles. The Morgan fingerprint density at radius 2 is 1.38 bits per heavy atom. The van der Waals surface area contributed by atoms with Crippen molar-refractivity contribution >= 4 is 17.2 Å². The van der Waals surface area contributed by atoms with Crippen molar-refractivity contribution in [2.24, 2.45) is 0 Å². The molecule has 0 unspecified atom stereocenters. The van der Waals surface area contributed by atoms with E-state index in [2.05, 4.69) is 105 Å². The van der Waals surface area contributed by atoms with Gasteiger partial charge in [-0.15, -0.1) is 23.8 Å². The molecule has 0 aliphatic carbocycles. The second-order valence-corrected chi connectivity index (χ2v) is 12.2. The van der Waals surface area contributed by atoms with Crippen LogP contribution in [-0.4, -0.2) is 15.1 Å². The summed E-state index contributed by atoms with van der Waals surface area (Å²) >= 11 is 0. The molecule has 4 aromatic carbocycles. The van der Waals surface area contributed by atoms with Gasteiger partial charge in [-0.1, -0.05) is 92.6 Å². The van der Waals surface area contributed by atoms with E-state index in [1.807, 2.05) is 54.6 Å². The maximum absolute atomic E-state index is 10.9. The average Bonchev–Trinajstić information content (AvgIpc) is 3.02. The number of aromatic nitrogens is 2. The Morgan fingerprint density at radius 3 is 2.04 bits per heavy atom. The van der Waals surface area contributed by atoms with Crippen LogP contribution in [0.15, 0.2) is 121 Å². The van der Waals surface area contributed by atoms with Gasteiger partial charge in [-0.2, -0.15) is 0 Å². The first-order valence-electron chi connectivity index (χ1n) is 14.9. The van der Waals surface area contributed by atoms with Gasteiger partial charge in [0.1, 0.15) is 5.82 Å². The predicted molar refractivity (Wildman–Crippen MR) is 182 cm³/mol. The normalized spacial score (nSPS) is 11.1. The van der Waals surface area contributed by atoms with E-state index < -0.39 is 0 Å². The van der Waals surface area contributed by atoms with Crippen LogP contribution in [0.25, 0.3) is 33.6 Å². The maximum atomic E-state index is 10.9. The van der Waals surface area contributed by atoms with E-state index in [1.54, 1.807) is 12.3 Å². The van der Waals surface area contributed by atoms with Crippen LogP contribution in [0.4, 0.5) is 17.2 Å². The Hall–Kier alpha value is -4.53. The molecule has 6 rings (SSSR count). The number of aromatic hydroxyl groups is 1. The van der Waals surface area contributed by atoms with Crippen LogP contribution in [0.3, 0.4) is 0 Å². The fourth-order valence-corrected chi connectivity index (χ4v) is 5.65. The molecule has 0 radical (unpaired) electrons. The molecule has 0 bridgehead atoms. The molecule has 0 saturated heterocycles. The van der Waals surface area contributed by atoms with E-state index in [4.69, 9.17) is 4.98 Å². The van der Waals surface area contributed by atoms with E-state index in [1.165, 1.54) is 16.7 Å². The summed E-state index contributed by atoms with van der Waals surface area (Å²) in [5.41, 5.74) is 10.7. The Labute approximate surface area is 280 Å². The second kappa shape index (κ2) is 13.2. The molecular weight excluding hydrogens is 734 g/mol. The Balaban J connectivity index is 0.00000400. The minimum absolute atomic E-state index is 0. The SMILES string of the molecule is Cc1cccc(C)c1-c1cc(-c2ccccc2O)[c-]c(N(c2ccc(C(C)(C)C)cc2)c2cccc(-c3ccccn3)n2)c1.[Pt]. The molecule has 0 spiro atoms. The Bertz CT molecular complexity index is 1910. The number of phenols is 1. The van der Waals surface area contributed by atoms with E-state index in [-0.39, 0.29) is 32.2 Å². The van der Waals surface area contributed by atoms with Crippen LogP contribution in [0.2, 0.25) is 0 Å². The molecule has 0 atom stereocenters. The minimum atomic E-state index is 0. The van der Waals surface area contributed by atoms with Crippen molar-refractivity contribution in [3.8, 4) is 39.4 Å². The van der Waals surface area contributed by atoms with Gasteiger partial charge in [0.2, 0.25) is 0 Å². The summed E-state index contributed by atoms with van der Waals surface area (Å²) in [4.78, 5) is 11.8. The van der Waals surface area contributed by atoms with Crippen LogP contribution < -0.4 is 4.90 Å². The van der Waals surface area contributed by atoms with Gasteiger partial charge in [0.25, 0.3) is 0 Å². The number of rotatable bonds is 6. The molecule has 4 nitrogen and oxygen atoms in total. The van der Waals surface area contributed by atoms with Gasteiger partial charge in [-0.05, 0) is 89.7 Å². The molecule has 6 aromatic rings. The fraction of sp³-hybridized carbons (Fsp3) is 0.150. The van der Waals surface area contributed by atoms with Gasteiger partial charge in [0.05, 0.1) is 17.1 Å². The van der Waals surface area contributed by atoms with Crippen LogP contribution in [0.5, 0.6) is 5.75 Å². The molecule has 1 N–H and O–H groups in total. The summed E-state index contributed by atoms with van der Waals surface area (Å²) in [6, 6.07) is 42.3. The van der Waals surface area contributed by atoms with Crippen molar-refractivity contribution in [2.75, 3.05) is 4.90 Å².